The summed E-state index contributed by atoms with van der Waals surface area (Å²) in [6.07, 6.45) is -9.17. The van der Waals surface area contributed by atoms with E-state index in [1.807, 2.05) is 0 Å². The lowest BCUT2D eigenvalue weighted by Crippen LogP contribution is -2.33. The van der Waals surface area contributed by atoms with Crippen LogP contribution in [0.4, 0.5) is 26.3 Å². The second-order valence-electron chi connectivity index (χ2n) is 5.16. The molecule has 0 atom stereocenters. The number of rotatable bonds is 6. The summed E-state index contributed by atoms with van der Waals surface area (Å²) in [4.78, 5) is 24.5. The molecule has 0 saturated carbocycles. The Morgan fingerprint density at radius 2 is 1.58 bits per heavy atom. The number of nitrogens with zero attached hydrogens (tertiary/aromatic N) is 1. The number of hydrogen-bond acceptors (Lipinski definition) is 3. The zero-order chi connectivity index (χ0) is 20.1. The predicted octanol–water partition coefficient (Wildman–Crippen LogP) is 3.92. The van der Waals surface area contributed by atoms with Crippen LogP contribution in [-0.2, 0) is 21.9 Å². The molecular weight excluding hydrogens is 368 g/mol. The number of esters is 1. The first-order valence-electron chi connectivity index (χ1n) is 7.16. The third-order valence-corrected chi connectivity index (χ3v) is 3.28. The van der Waals surface area contributed by atoms with Crippen molar-refractivity contribution >= 4 is 11.9 Å². The molecule has 26 heavy (non-hydrogen) atoms. The summed E-state index contributed by atoms with van der Waals surface area (Å²) in [7, 11) is 1.10. The second-order valence-corrected chi connectivity index (χ2v) is 5.16. The maximum atomic E-state index is 12.9. The Balaban J connectivity index is 3.29. The van der Waals surface area contributed by atoms with E-state index in [4.69, 9.17) is 0 Å². The number of halogens is 6. The SMILES string of the molecule is C=CCN(CCC(=O)OC)C(=O)c1cc(C(F)(F)F)cc(C(F)(F)F)c1. The highest BCUT2D eigenvalue weighted by Crippen LogP contribution is 2.36. The lowest BCUT2D eigenvalue weighted by Gasteiger charge is -2.22. The van der Waals surface area contributed by atoms with E-state index in [9.17, 15) is 35.9 Å². The van der Waals surface area contributed by atoms with Gasteiger partial charge in [0.05, 0.1) is 24.7 Å². The average molecular weight is 383 g/mol. The summed E-state index contributed by atoms with van der Waals surface area (Å²) in [5, 5.41) is 0. The predicted molar refractivity (Wildman–Crippen MR) is 79.2 cm³/mol. The first kappa shape index (κ1) is 21.5. The van der Waals surface area contributed by atoms with Crippen molar-refractivity contribution in [2.75, 3.05) is 20.2 Å². The minimum atomic E-state index is -5.06. The van der Waals surface area contributed by atoms with E-state index in [1.54, 1.807) is 0 Å². The van der Waals surface area contributed by atoms with Gasteiger partial charge in [-0.2, -0.15) is 26.3 Å². The van der Waals surface area contributed by atoms with Crippen LogP contribution in [0.25, 0.3) is 0 Å². The van der Waals surface area contributed by atoms with Crippen LogP contribution in [0.15, 0.2) is 30.9 Å². The van der Waals surface area contributed by atoms with Crippen LogP contribution >= 0.6 is 0 Å². The van der Waals surface area contributed by atoms with Gasteiger partial charge in [0, 0.05) is 18.7 Å². The van der Waals surface area contributed by atoms with E-state index < -0.39 is 40.9 Å². The monoisotopic (exact) mass is 383 g/mol. The van der Waals surface area contributed by atoms with Gasteiger partial charge >= 0.3 is 18.3 Å². The maximum absolute atomic E-state index is 12.9. The van der Waals surface area contributed by atoms with Gasteiger partial charge in [-0.05, 0) is 18.2 Å². The Hall–Kier alpha value is -2.52. The lowest BCUT2D eigenvalue weighted by atomic mass is 10.0. The van der Waals surface area contributed by atoms with Crippen molar-refractivity contribution < 1.29 is 40.7 Å². The summed E-state index contributed by atoms with van der Waals surface area (Å²) >= 11 is 0. The van der Waals surface area contributed by atoms with Crippen LogP contribution in [0.2, 0.25) is 0 Å². The fourth-order valence-corrected chi connectivity index (χ4v) is 2.02. The zero-order valence-electron chi connectivity index (χ0n) is 13.6. The third kappa shape index (κ3) is 5.78. The van der Waals surface area contributed by atoms with E-state index in [2.05, 4.69) is 11.3 Å². The number of methoxy groups -OCH3 is 1. The Morgan fingerprint density at radius 3 is 1.96 bits per heavy atom. The summed E-state index contributed by atoms with van der Waals surface area (Å²) in [6.45, 7) is 2.94. The van der Waals surface area contributed by atoms with Gasteiger partial charge in [0.2, 0.25) is 0 Å². The number of alkyl halides is 6. The standard InChI is InChI=1S/C16H15F6NO3/c1-3-5-23(6-4-13(24)26-2)14(25)10-7-11(15(17,18)19)9-12(8-10)16(20,21)22/h3,7-9H,1,4-6H2,2H3. The van der Waals surface area contributed by atoms with Crippen molar-refractivity contribution in [1.82, 2.24) is 4.90 Å². The molecule has 0 aliphatic rings. The molecule has 0 fully saturated rings. The number of benzene rings is 1. The summed E-state index contributed by atoms with van der Waals surface area (Å²) in [5.41, 5.74) is -3.98. The fraction of sp³-hybridized carbons (Fsp3) is 0.375. The highest BCUT2D eigenvalue weighted by atomic mass is 19.4. The number of hydrogen-bond donors (Lipinski definition) is 0. The second kappa shape index (κ2) is 8.24. The first-order chi connectivity index (χ1) is 11.9. The lowest BCUT2D eigenvalue weighted by molar-refractivity contribution is -0.143. The Morgan fingerprint density at radius 1 is 1.08 bits per heavy atom. The summed E-state index contributed by atoms with van der Waals surface area (Å²) in [6, 6.07) is 0.612. The molecule has 0 aromatic heterocycles. The quantitative estimate of drug-likeness (QED) is 0.425. The van der Waals surface area contributed by atoms with E-state index in [0.717, 1.165) is 12.0 Å². The van der Waals surface area contributed by atoms with Gasteiger partial charge in [0.15, 0.2) is 0 Å². The van der Waals surface area contributed by atoms with Gasteiger partial charge in [0.1, 0.15) is 0 Å². The molecule has 4 nitrogen and oxygen atoms in total. The molecule has 144 valence electrons. The molecule has 0 bridgehead atoms. The number of carbonyl (C=O) groups excluding carboxylic acids is 2. The molecule has 0 unspecified atom stereocenters. The molecule has 0 radical (unpaired) electrons. The minimum Gasteiger partial charge on any atom is -0.469 e. The molecule has 1 aromatic rings. The van der Waals surface area contributed by atoms with Crippen molar-refractivity contribution in [2.45, 2.75) is 18.8 Å². The molecule has 0 aliphatic heterocycles. The van der Waals surface area contributed by atoms with Gasteiger partial charge in [-0.15, -0.1) is 6.58 Å². The molecule has 0 heterocycles. The van der Waals surface area contributed by atoms with Crippen LogP contribution in [0.5, 0.6) is 0 Å². The molecular formula is C16H15F6NO3. The average Bonchev–Trinajstić information content (AvgIpc) is 2.55. The molecule has 0 aliphatic carbocycles. The first-order valence-corrected chi connectivity index (χ1v) is 7.16. The topological polar surface area (TPSA) is 46.6 Å². The Bertz CT molecular complexity index is 649. The Kier molecular flexibility index (Phi) is 6.82. The van der Waals surface area contributed by atoms with E-state index in [1.165, 1.54) is 6.08 Å². The molecule has 0 spiro atoms. The van der Waals surface area contributed by atoms with Gasteiger partial charge in [-0.3, -0.25) is 9.59 Å². The van der Waals surface area contributed by atoms with Crippen LogP contribution in [0.1, 0.15) is 27.9 Å². The highest BCUT2D eigenvalue weighted by Gasteiger charge is 2.37. The van der Waals surface area contributed by atoms with E-state index >= 15 is 0 Å². The zero-order valence-corrected chi connectivity index (χ0v) is 13.6. The van der Waals surface area contributed by atoms with Crippen molar-refractivity contribution in [3.8, 4) is 0 Å². The largest absolute Gasteiger partial charge is 0.469 e. The van der Waals surface area contributed by atoms with Gasteiger partial charge in [-0.25, -0.2) is 0 Å². The molecule has 0 N–H and O–H groups in total. The maximum Gasteiger partial charge on any atom is 0.416 e. The van der Waals surface area contributed by atoms with E-state index in [-0.39, 0.29) is 25.6 Å². The van der Waals surface area contributed by atoms with Crippen molar-refractivity contribution in [2.24, 2.45) is 0 Å². The smallest absolute Gasteiger partial charge is 0.416 e. The Labute approximate surface area is 145 Å². The van der Waals surface area contributed by atoms with E-state index in [0.29, 0.717) is 12.1 Å². The molecule has 0 saturated heterocycles. The van der Waals surface area contributed by atoms with Crippen molar-refractivity contribution in [1.29, 1.82) is 0 Å². The van der Waals surface area contributed by atoms with Gasteiger partial charge in [-0.1, -0.05) is 6.08 Å². The molecule has 1 amide bonds. The summed E-state index contributed by atoms with van der Waals surface area (Å²) < 4.78 is 81.7. The number of ether oxygens (including phenoxy) is 1. The normalized spacial score (nSPS) is 11.8. The van der Waals surface area contributed by atoms with Gasteiger partial charge < -0.3 is 9.64 Å². The van der Waals surface area contributed by atoms with Gasteiger partial charge in [0.25, 0.3) is 5.91 Å². The minimum absolute atomic E-state index is 0.0664. The molecule has 1 aromatic carbocycles. The number of amides is 1. The third-order valence-electron chi connectivity index (χ3n) is 3.28. The highest BCUT2D eigenvalue weighted by molar-refractivity contribution is 5.95. The van der Waals surface area contributed by atoms with Crippen molar-refractivity contribution in [3.05, 3.63) is 47.5 Å². The van der Waals surface area contributed by atoms with Crippen LogP contribution in [-0.4, -0.2) is 37.0 Å². The summed E-state index contributed by atoms with van der Waals surface area (Å²) in [5.74, 6) is -1.78. The van der Waals surface area contributed by atoms with Crippen molar-refractivity contribution in [3.63, 3.8) is 0 Å². The number of carbonyl (C=O) groups is 2. The van der Waals surface area contributed by atoms with Crippen LogP contribution in [0, 0.1) is 0 Å². The van der Waals surface area contributed by atoms with Crippen LogP contribution in [0.3, 0.4) is 0 Å². The van der Waals surface area contributed by atoms with Crippen LogP contribution < -0.4 is 0 Å². The fourth-order valence-electron chi connectivity index (χ4n) is 2.02. The molecule has 10 heteroatoms. The molecule has 1 rings (SSSR count).